The monoisotopic (exact) mass is 252 g/mol. The van der Waals surface area contributed by atoms with Gasteiger partial charge in [0.25, 0.3) is 0 Å². The van der Waals surface area contributed by atoms with Gasteiger partial charge >= 0.3 is 6.03 Å². The number of rotatable bonds is 0. The number of hydrogen-bond acceptors (Lipinski definition) is 3. The number of benzene rings is 1. The zero-order valence-electron chi connectivity index (χ0n) is 8.99. The molecule has 0 saturated carbocycles. The average Bonchev–Trinajstić information content (AvgIpc) is 2.51. The van der Waals surface area contributed by atoms with Crippen LogP contribution in [0.2, 0.25) is 5.02 Å². The molecule has 1 N–H and O–H groups in total. The number of nitrogens with zero attached hydrogens (tertiary/aromatic N) is 1. The van der Waals surface area contributed by atoms with E-state index in [1.807, 2.05) is 0 Å². The summed E-state index contributed by atoms with van der Waals surface area (Å²) in [5.74, 6) is -0.883. The quantitative estimate of drug-likeness (QED) is 0.761. The van der Waals surface area contributed by atoms with Crippen molar-refractivity contribution in [1.82, 2.24) is 5.32 Å². The third kappa shape index (κ3) is 2.14. The van der Waals surface area contributed by atoms with Gasteiger partial charge < -0.3 is 0 Å². The Morgan fingerprint density at radius 1 is 1.41 bits per heavy atom. The predicted octanol–water partition coefficient (Wildman–Crippen LogP) is 1.49. The summed E-state index contributed by atoms with van der Waals surface area (Å²) in [6, 6.07) is 4.08. The van der Waals surface area contributed by atoms with Gasteiger partial charge in [0.05, 0.1) is 12.1 Å². The van der Waals surface area contributed by atoms with Crippen molar-refractivity contribution in [2.75, 3.05) is 4.90 Å². The van der Waals surface area contributed by atoms with Gasteiger partial charge in [-0.05, 0) is 23.8 Å². The van der Waals surface area contributed by atoms with Gasteiger partial charge in [-0.1, -0.05) is 11.6 Å². The van der Waals surface area contributed by atoms with Gasteiger partial charge in [-0.2, -0.15) is 0 Å². The van der Waals surface area contributed by atoms with E-state index in [1.165, 1.54) is 6.92 Å². The summed E-state index contributed by atoms with van der Waals surface area (Å²) in [5.41, 5.74) is 1.15. The lowest BCUT2D eigenvalue weighted by atomic mass is 10.2. The zero-order valence-corrected chi connectivity index (χ0v) is 9.75. The molecule has 17 heavy (non-hydrogen) atoms. The van der Waals surface area contributed by atoms with E-state index in [4.69, 9.17) is 11.6 Å². The molecule has 1 heterocycles. The van der Waals surface area contributed by atoms with Crippen molar-refractivity contribution in [1.29, 1.82) is 0 Å². The van der Waals surface area contributed by atoms with Crippen LogP contribution in [0, 0.1) is 0 Å². The molecule has 0 aliphatic carbocycles. The third-order valence-corrected chi connectivity index (χ3v) is 2.59. The Morgan fingerprint density at radius 2 is 2.12 bits per heavy atom. The first-order chi connectivity index (χ1) is 7.99. The number of nitrogens with one attached hydrogen (secondary N) is 1. The van der Waals surface area contributed by atoms with Crippen LogP contribution in [0.15, 0.2) is 18.2 Å². The zero-order chi connectivity index (χ0) is 12.6. The maximum absolute atomic E-state index is 11.7. The van der Waals surface area contributed by atoms with Crippen molar-refractivity contribution < 1.29 is 14.4 Å². The SMILES string of the molecule is CC(=O)NC(=O)N1C(=O)Cc2cc(Cl)ccc21. The van der Waals surface area contributed by atoms with Gasteiger partial charge in [-0.25, -0.2) is 9.69 Å². The van der Waals surface area contributed by atoms with Gasteiger partial charge in [-0.3, -0.25) is 14.9 Å². The van der Waals surface area contributed by atoms with E-state index in [0.29, 0.717) is 16.3 Å². The molecule has 0 saturated heterocycles. The molecule has 1 aliphatic rings. The minimum absolute atomic E-state index is 0.112. The van der Waals surface area contributed by atoms with Crippen molar-refractivity contribution in [3.05, 3.63) is 28.8 Å². The van der Waals surface area contributed by atoms with E-state index in [9.17, 15) is 14.4 Å². The highest BCUT2D eigenvalue weighted by atomic mass is 35.5. The number of fused-ring (bicyclic) bond motifs is 1. The maximum Gasteiger partial charge on any atom is 0.335 e. The molecule has 1 aromatic rings. The number of hydrogen-bond donors (Lipinski definition) is 1. The number of carbonyl (C=O) groups excluding carboxylic acids is 3. The Balaban J connectivity index is 2.35. The number of anilines is 1. The highest BCUT2D eigenvalue weighted by Gasteiger charge is 2.32. The van der Waals surface area contributed by atoms with Gasteiger partial charge in [0.2, 0.25) is 11.8 Å². The first-order valence-electron chi connectivity index (χ1n) is 4.92. The van der Waals surface area contributed by atoms with Crippen LogP contribution < -0.4 is 10.2 Å². The minimum Gasteiger partial charge on any atom is -0.278 e. The highest BCUT2D eigenvalue weighted by Crippen LogP contribution is 2.31. The molecule has 0 atom stereocenters. The summed E-state index contributed by atoms with van der Waals surface area (Å²) in [5, 5.41) is 2.57. The highest BCUT2D eigenvalue weighted by molar-refractivity contribution is 6.31. The molecule has 0 spiro atoms. The third-order valence-electron chi connectivity index (χ3n) is 2.36. The molecule has 1 aromatic carbocycles. The van der Waals surface area contributed by atoms with Crippen molar-refractivity contribution in [3.8, 4) is 0 Å². The molecular weight excluding hydrogens is 244 g/mol. The molecule has 2 rings (SSSR count). The van der Waals surface area contributed by atoms with Crippen LogP contribution in [0.4, 0.5) is 10.5 Å². The molecule has 0 unspecified atom stereocenters. The van der Waals surface area contributed by atoms with Gasteiger partial charge in [0.15, 0.2) is 0 Å². The van der Waals surface area contributed by atoms with Crippen LogP contribution in [0.5, 0.6) is 0 Å². The van der Waals surface area contributed by atoms with Crippen molar-refractivity contribution in [3.63, 3.8) is 0 Å². The molecule has 0 fully saturated rings. The van der Waals surface area contributed by atoms with Gasteiger partial charge in [0.1, 0.15) is 0 Å². The normalized spacial score (nSPS) is 13.5. The van der Waals surface area contributed by atoms with E-state index in [2.05, 4.69) is 5.32 Å². The molecule has 4 amide bonds. The summed E-state index contributed by atoms with van der Waals surface area (Å²) >= 11 is 5.80. The molecule has 1 aliphatic heterocycles. The molecule has 5 nitrogen and oxygen atoms in total. The number of carbonyl (C=O) groups is 3. The molecule has 0 bridgehead atoms. The standard InChI is InChI=1S/C11H9ClN2O3/c1-6(15)13-11(17)14-9-3-2-8(12)4-7(9)5-10(14)16/h2-4H,5H2,1H3,(H,13,15,17). The van der Waals surface area contributed by atoms with Crippen LogP contribution in [0.1, 0.15) is 12.5 Å². The number of imide groups is 2. The van der Waals surface area contributed by atoms with Gasteiger partial charge in [0, 0.05) is 11.9 Å². The van der Waals surface area contributed by atoms with Crippen LogP contribution >= 0.6 is 11.6 Å². The summed E-state index contributed by atoms with van der Waals surface area (Å²) in [6.45, 7) is 1.21. The van der Waals surface area contributed by atoms with Crippen LogP contribution in [-0.2, 0) is 16.0 Å². The smallest absolute Gasteiger partial charge is 0.278 e. The largest absolute Gasteiger partial charge is 0.335 e. The number of amides is 4. The molecule has 0 radical (unpaired) electrons. The van der Waals surface area contributed by atoms with Gasteiger partial charge in [-0.15, -0.1) is 0 Å². The minimum atomic E-state index is -0.733. The van der Waals surface area contributed by atoms with Crippen molar-refractivity contribution >= 4 is 35.1 Å². The second kappa shape index (κ2) is 4.18. The van der Waals surface area contributed by atoms with E-state index in [1.54, 1.807) is 18.2 Å². The Morgan fingerprint density at radius 3 is 2.76 bits per heavy atom. The summed E-state index contributed by atoms with van der Waals surface area (Å²) in [7, 11) is 0. The van der Waals surface area contributed by atoms with Crippen LogP contribution in [-0.4, -0.2) is 17.8 Å². The second-order valence-electron chi connectivity index (χ2n) is 3.67. The Hall–Kier alpha value is -1.88. The van der Waals surface area contributed by atoms with Crippen molar-refractivity contribution in [2.24, 2.45) is 0 Å². The predicted molar refractivity (Wildman–Crippen MR) is 61.9 cm³/mol. The van der Waals surface area contributed by atoms with Crippen LogP contribution in [0.3, 0.4) is 0 Å². The average molecular weight is 253 g/mol. The van der Waals surface area contributed by atoms with E-state index in [0.717, 1.165) is 4.90 Å². The second-order valence-corrected chi connectivity index (χ2v) is 4.10. The molecule has 6 heteroatoms. The fraction of sp³-hybridized carbons (Fsp3) is 0.182. The topological polar surface area (TPSA) is 66.5 Å². The summed E-state index contributed by atoms with van der Waals surface area (Å²) in [4.78, 5) is 35.1. The van der Waals surface area contributed by atoms with Crippen molar-refractivity contribution in [2.45, 2.75) is 13.3 Å². The lowest BCUT2D eigenvalue weighted by molar-refractivity contribution is -0.117. The summed E-state index contributed by atoms with van der Waals surface area (Å²) in [6.07, 6.45) is 0.112. The Bertz CT molecular complexity index is 527. The summed E-state index contributed by atoms with van der Waals surface area (Å²) < 4.78 is 0. The first kappa shape index (κ1) is 11.6. The Labute approximate surface area is 102 Å². The van der Waals surface area contributed by atoms with E-state index < -0.39 is 11.9 Å². The fourth-order valence-corrected chi connectivity index (χ4v) is 1.91. The Kier molecular flexibility index (Phi) is 2.85. The number of halogens is 1. The van der Waals surface area contributed by atoms with E-state index >= 15 is 0 Å². The number of urea groups is 1. The van der Waals surface area contributed by atoms with Crippen LogP contribution in [0.25, 0.3) is 0 Å². The molecular formula is C11H9ClN2O3. The van der Waals surface area contributed by atoms with E-state index in [-0.39, 0.29) is 12.3 Å². The lowest BCUT2D eigenvalue weighted by Gasteiger charge is -2.14. The lowest BCUT2D eigenvalue weighted by Crippen LogP contribution is -2.43. The molecule has 0 aromatic heterocycles. The first-order valence-corrected chi connectivity index (χ1v) is 5.30. The maximum atomic E-state index is 11.7. The fourth-order valence-electron chi connectivity index (χ4n) is 1.72. The molecule has 88 valence electrons.